The number of nitrogens with two attached hydrogens (primary N) is 1. The van der Waals surface area contributed by atoms with E-state index in [2.05, 4.69) is 0 Å². The van der Waals surface area contributed by atoms with Gasteiger partial charge in [-0.3, -0.25) is 0 Å². The zero-order valence-electron chi connectivity index (χ0n) is 20.2. The van der Waals surface area contributed by atoms with Crippen LogP contribution in [0.2, 0.25) is 0 Å². The van der Waals surface area contributed by atoms with E-state index >= 15 is 0 Å². The van der Waals surface area contributed by atoms with Crippen LogP contribution in [0.1, 0.15) is 16.7 Å². The second-order valence-electron chi connectivity index (χ2n) is 8.70. The fourth-order valence-electron chi connectivity index (χ4n) is 4.39. The van der Waals surface area contributed by atoms with Crippen molar-refractivity contribution in [2.75, 3.05) is 20.3 Å². The molecule has 186 valence electrons. The minimum Gasteiger partial charge on any atom is -0.374 e. The Hall–Kier alpha value is -2.58. The molecule has 1 aliphatic rings. The molecule has 0 radical (unpaired) electrons. The molecule has 35 heavy (non-hydrogen) atoms. The molecule has 4 rings (SSSR count). The van der Waals surface area contributed by atoms with Gasteiger partial charge in [0.2, 0.25) is 0 Å². The van der Waals surface area contributed by atoms with Crippen LogP contribution in [0.25, 0.3) is 0 Å². The van der Waals surface area contributed by atoms with Gasteiger partial charge in [0.15, 0.2) is 6.29 Å². The van der Waals surface area contributed by atoms with E-state index in [4.69, 9.17) is 29.4 Å². The first-order chi connectivity index (χ1) is 17.3. The molecule has 6 nitrogen and oxygen atoms in total. The standard InChI is InChI=1S/C29H35NO5/c1-31-29-28(34-20-24-15-9-4-10-16-24)27(33-19-23-13-7-3-8-14-23)25(17-30)26(35-29)21-32-18-22-11-5-2-6-12-22/h2-16,25-29H,17-21,30H2,1H3/t25-,26-,27+,28-,29-/m1/s1. The molecule has 3 aromatic rings. The molecule has 0 spiro atoms. The van der Waals surface area contributed by atoms with E-state index in [-0.39, 0.29) is 18.1 Å². The molecule has 0 bridgehead atoms. The van der Waals surface area contributed by atoms with Crippen molar-refractivity contribution in [3.05, 3.63) is 108 Å². The van der Waals surface area contributed by atoms with Gasteiger partial charge in [0, 0.05) is 19.6 Å². The van der Waals surface area contributed by atoms with E-state index < -0.39 is 12.4 Å². The third-order valence-corrected chi connectivity index (χ3v) is 6.27. The van der Waals surface area contributed by atoms with Crippen molar-refractivity contribution in [1.29, 1.82) is 0 Å². The fraction of sp³-hybridized carbons (Fsp3) is 0.379. The first-order valence-corrected chi connectivity index (χ1v) is 12.1. The van der Waals surface area contributed by atoms with E-state index in [9.17, 15) is 0 Å². The van der Waals surface area contributed by atoms with Crippen LogP contribution in [-0.4, -0.2) is 44.9 Å². The molecule has 1 aliphatic heterocycles. The summed E-state index contributed by atoms with van der Waals surface area (Å²) in [5.74, 6) is -0.123. The molecule has 0 unspecified atom stereocenters. The predicted octanol–water partition coefficient (Wildman–Crippen LogP) is 4.32. The van der Waals surface area contributed by atoms with Crippen molar-refractivity contribution < 1.29 is 23.7 Å². The monoisotopic (exact) mass is 477 g/mol. The summed E-state index contributed by atoms with van der Waals surface area (Å²) in [6.07, 6.45) is -1.66. The molecule has 0 aromatic heterocycles. The SMILES string of the molecule is CO[C@@H]1O[C@H](COCc2ccccc2)[C@@H](CN)[C@H](OCc2ccccc2)[C@H]1OCc1ccccc1. The van der Waals surface area contributed by atoms with Crippen LogP contribution >= 0.6 is 0 Å². The second-order valence-corrected chi connectivity index (χ2v) is 8.70. The Morgan fingerprint density at radius 1 is 0.686 bits per heavy atom. The first kappa shape index (κ1) is 25.5. The largest absolute Gasteiger partial charge is 0.374 e. The quantitative estimate of drug-likeness (QED) is 0.419. The number of benzene rings is 3. The van der Waals surface area contributed by atoms with Crippen LogP contribution in [0.3, 0.4) is 0 Å². The average Bonchev–Trinajstić information content (AvgIpc) is 2.92. The van der Waals surface area contributed by atoms with Gasteiger partial charge in [0.1, 0.15) is 6.10 Å². The van der Waals surface area contributed by atoms with Gasteiger partial charge >= 0.3 is 0 Å². The average molecular weight is 478 g/mol. The van der Waals surface area contributed by atoms with Gasteiger partial charge in [-0.15, -0.1) is 0 Å². The molecule has 5 atom stereocenters. The first-order valence-electron chi connectivity index (χ1n) is 12.1. The van der Waals surface area contributed by atoms with Gasteiger partial charge in [-0.1, -0.05) is 91.0 Å². The molecule has 1 saturated heterocycles. The third-order valence-electron chi connectivity index (χ3n) is 6.27. The van der Waals surface area contributed by atoms with Crippen LogP contribution in [0.15, 0.2) is 91.0 Å². The van der Waals surface area contributed by atoms with Gasteiger partial charge in [-0.05, 0) is 16.7 Å². The maximum atomic E-state index is 6.48. The summed E-state index contributed by atoms with van der Waals surface area (Å²) < 4.78 is 30.9. The molecular weight excluding hydrogens is 442 g/mol. The molecular formula is C29H35NO5. The van der Waals surface area contributed by atoms with Crippen molar-refractivity contribution in [2.45, 2.75) is 44.4 Å². The lowest BCUT2D eigenvalue weighted by Gasteiger charge is -2.45. The van der Waals surface area contributed by atoms with Crippen molar-refractivity contribution in [1.82, 2.24) is 0 Å². The molecule has 6 heteroatoms. The van der Waals surface area contributed by atoms with Gasteiger partial charge < -0.3 is 29.4 Å². The van der Waals surface area contributed by atoms with Crippen LogP contribution in [0, 0.1) is 5.92 Å². The smallest absolute Gasteiger partial charge is 0.186 e. The second kappa shape index (κ2) is 13.5. The Balaban J connectivity index is 1.48. The van der Waals surface area contributed by atoms with Crippen molar-refractivity contribution in [3.8, 4) is 0 Å². The van der Waals surface area contributed by atoms with Crippen LogP contribution in [-0.2, 0) is 43.5 Å². The van der Waals surface area contributed by atoms with Gasteiger partial charge in [0.05, 0.1) is 38.6 Å². The summed E-state index contributed by atoms with van der Waals surface area (Å²) in [6.45, 7) is 2.13. The summed E-state index contributed by atoms with van der Waals surface area (Å²) >= 11 is 0. The molecule has 1 heterocycles. The zero-order chi connectivity index (χ0) is 24.3. The highest BCUT2D eigenvalue weighted by Crippen LogP contribution is 2.32. The van der Waals surface area contributed by atoms with Crippen molar-refractivity contribution >= 4 is 0 Å². The Bertz CT molecular complexity index is 972. The highest BCUT2D eigenvalue weighted by atomic mass is 16.7. The Labute approximate surface area is 207 Å². The Morgan fingerprint density at radius 2 is 1.17 bits per heavy atom. The van der Waals surface area contributed by atoms with Crippen molar-refractivity contribution in [2.24, 2.45) is 11.7 Å². The molecule has 3 aromatic carbocycles. The summed E-state index contributed by atoms with van der Waals surface area (Å²) in [4.78, 5) is 0. The molecule has 0 aliphatic carbocycles. The summed E-state index contributed by atoms with van der Waals surface area (Å²) in [6, 6.07) is 30.2. The lowest BCUT2D eigenvalue weighted by molar-refractivity contribution is -0.304. The number of ether oxygens (including phenoxy) is 5. The molecule has 0 saturated carbocycles. The minimum atomic E-state index is -0.604. The molecule has 2 N–H and O–H groups in total. The van der Waals surface area contributed by atoms with E-state index in [1.54, 1.807) is 7.11 Å². The van der Waals surface area contributed by atoms with Gasteiger partial charge in [-0.25, -0.2) is 0 Å². The topological polar surface area (TPSA) is 72.2 Å². The number of methoxy groups -OCH3 is 1. The van der Waals surface area contributed by atoms with E-state index in [0.717, 1.165) is 16.7 Å². The van der Waals surface area contributed by atoms with Gasteiger partial charge in [-0.2, -0.15) is 0 Å². The lowest BCUT2D eigenvalue weighted by Crippen LogP contribution is -2.59. The Kier molecular flexibility index (Phi) is 9.84. The van der Waals surface area contributed by atoms with E-state index in [0.29, 0.717) is 33.0 Å². The van der Waals surface area contributed by atoms with Crippen molar-refractivity contribution in [3.63, 3.8) is 0 Å². The Morgan fingerprint density at radius 3 is 1.66 bits per heavy atom. The predicted molar refractivity (Wildman–Crippen MR) is 134 cm³/mol. The van der Waals surface area contributed by atoms with Gasteiger partial charge in [0.25, 0.3) is 0 Å². The lowest BCUT2D eigenvalue weighted by atomic mass is 9.88. The zero-order valence-corrected chi connectivity index (χ0v) is 20.2. The summed E-state index contributed by atoms with van der Waals surface area (Å²) in [5, 5.41) is 0. The van der Waals surface area contributed by atoms with Crippen LogP contribution < -0.4 is 5.73 Å². The highest BCUT2D eigenvalue weighted by Gasteiger charge is 2.47. The van der Waals surface area contributed by atoms with E-state index in [1.165, 1.54) is 0 Å². The number of rotatable bonds is 12. The summed E-state index contributed by atoms with van der Waals surface area (Å²) in [5.41, 5.74) is 9.55. The normalized spacial score (nSPS) is 24.3. The molecule has 1 fully saturated rings. The van der Waals surface area contributed by atoms with Crippen LogP contribution in [0.5, 0.6) is 0 Å². The number of hydrogen-bond donors (Lipinski definition) is 1. The minimum absolute atomic E-state index is 0.123. The fourth-order valence-corrected chi connectivity index (χ4v) is 4.39. The maximum absolute atomic E-state index is 6.48. The maximum Gasteiger partial charge on any atom is 0.186 e. The number of hydrogen-bond acceptors (Lipinski definition) is 6. The van der Waals surface area contributed by atoms with E-state index in [1.807, 2.05) is 91.0 Å². The molecule has 0 amide bonds. The highest BCUT2D eigenvalue weighted by molar-refractivity contribution is 5.15. The third kappa shape index (κ3) is 7.21. The van der Waals surface area contributed by atoms with Crippen LogP contribution in [0.4, 0.5) is 0 Å². The summed E-state index contributed by atoms with van der Waals surface area (Å²) in [7, 11) is 1.63.